The van der Waals surface area contributed by atoms with Crippen LogP contribution in [0, 0.1) is 11.7 Å². The number of carbonyl (C=O) groups is 3. The summed E-state index contributed by atoms with van der Waals surface area (Å²) in [5.74, 6) is -5.63. The van der Waals surface area contributed by atoms with Crippen LogP contribution < -0.4 is 4.74 Å². The first-order valence-electron chi connectivity index (χ1n) is 7.21. The van der Waals surface area contributed by atoms with Gasteiger partial charge in [-0.15, -0.1) is 0 Å². The Labute approximate surface area is 131 Å². The standard InChI is InChI=1S/C16H15FO6/c1-16(2)22-14(19)12(15(20)23-16)13(18)11-5-3-8-7-9(17)4-6-10(8)21-11/h4,6-7,11-12H,3,5H2,1-2H3. The molecule has 1 saturated heterocycles. The van der Waals surface area contributed by atoms with Gasteiger partial charge in [0.05, 0.1) is 0 Å². The van der Waals surface area contributed by atoms with Gasteiger partial charge in [-0.1, -0.05) is 0 Å². The second-order valence-electron chi connectivity index (χ2n) is 5.97. The molecule has 2 aliphatic rings. The molecule has 2 aliphatic heterocycles. The molecule has 0 saturated carbocycles. The van der Waals surface area contributed by atoms with Crippen LogP contribution in [-0.2, 0) is 30.3 Å². The maximum atomic E-state index is 13.2. The molecule has 3 rings (SSSR count). The van der Waals surface area contributed by atoms with Gasteiger partial charge in [0.2, 0.25) is 5.92 Å². The van der Waals surface area contributed by atoms with E-state index in [-0.39, 0.29) is 6.42 Å². The molecule has 1 unspecified atom stereocenters. The summed E-state index contributed by atoms with van der Waals surface area (Å²) in [4.78, 5) is 36.4. The molecule has 0 aliphatic carbocycles. The molecule has 122 valence electrons. The number of esters is 2. The minimum absolute atomic E-state index is 0.246. The van der Waals surface area contributed by atoms with Gasteiger partial charge in [0.1, 0.15) is 11.6 Å². The van der Waals surface area contributed by atoms with Crippen LogP contribution in [0.4, 0.5) is 4.39 Å². The van der Waals surface area contributed by atoms with Gasteiger partial charge in [0.15, 0.2) is 11.9 Å². The van der Waals surface area contributed by atoms with Crippen LogP contribution >= 0.6 is 0 Å². The number of hydrogen-bond acceptors (Lipinski definition) is 6. The van der Waals surface area contributed by atoms with E-state index >= 15 is 0 Å². The average Bonchev–Trinajstić information content (AvgIpc) is 2.44. The van der Waals surface area contributed by atoms with Crippen LogP contribution in [-0.4, -0.2) is 29.6 Å². The molecule has 7 heteroatoms. The Hall–Kier alpha value is -2.44. The zero-order valence-electron chi connectivity index (χ0n) is 12.6. The van der Waals surface area contributed by atoms with Gasteiger partial charge < -0.3 is 14.2 Å². The Bertz CT molecular complexity index is 676. The van der Waals surface area contributed by atoms with Crippen molar-refractivity contribution in [1.29, 1.82) is 0 Å². The second kappa shape index (κ2) is 5.33. The largest absolute Gasteiger partial charge is 0.482 e. The lowest BCUT2D eigenvalue weighted by atomic mass is 9.92. The number of aryl methyl sites for hydroxylation is 1. The topological polar surface area (TPSA) is 78.9 Å². The van der Waals surface area contributed by atoms with Crippen molar-refractivity contribution in [3.63, 3.8) is 0 Å². The maximum Gasteiger partial charge on any atom is 0.331 e. The number of hydrogen-bond donors (Lipinski definition) is 0. The summed E-state index contributed by atoms with van der Waals surface area (Å²) in [6.07, 6.45) is -0.319. The lowest BCUT2D eigenvalue weighted by Crippen LogP contribution is -2.52. The molecule has 0 aromatic heterocycles. The summed E-state index contributed by atoms with van der Waals surface area (Å²) in [5, 5.41) is 0. The van der Waals surface area contributed by atoms with Gasteiger partial charge >= 0.3 is 11.9 Å². The van der Waals surface area contributed by atoms with E-state index in [1.165, 1.54) is 32.0 Å². The van der Waals surface area contributed by atoms with Crippen LogP contribution in [0.2, 0.25) is 0 Å². The van der Waals surface area contributed by atoms with Crippen LogP contribution in [0.1, 0.15) is 25.8 Å². The molecule has 23 heavy (non-hydrogen) atoms. The summed E-state index contributed by atoms with van der Waals surface area (Å²) in [5.41, 5.74) is 0.643. The molecule has 1 fully saturated rings. The van der Waals surface area contributed by atoms with E-state index in [0.29, 0.717) is 17.7 Å². The predicted molar refractivity (Wildman–Crippen MR) is 73.9 cm³/mol. The Kier molecular flexibility index (Phi) is 3.58. The molecule has 0 spiro atoms. The highest BCUT2D eigenvalue weighted by Crippen LogP contribution is 2.31. The Balaban J connectivity index is 1.78. The summed E-state index contributed by atoms with van der Waals surface area (Å²) < 4.78 is 28.6. The fraction of sp³-hybridized carbons (Fsp3) is 0.438. The number of cyclic esters (lactones) is 2. The van der Waals surface area contributed by atoms with E-state index in [0.717, 1.165) is 0 Å². The molecule has 1 atom stereocenters. The summed E-state index contributed by atoms with van der Waals surface area (Å²) in [7, 11) is 0. The lowest BCUT2D eigenvalue weighted by molar-refractivity contribution is -0.238. The van der Waals surface area contributed by atoms with Crippen molar-refractivity contribution < 1.29 is 33.0 Å². The van der Waals surface area contributed by atoms with Crippen molar-refractivity contribution in [2.24, 2.45) is 5.92 Å². The normalized spacial score (nSPS) is 23.3. The average molecular weight is 322 g/mol. The van der Waals surface area contributed by atoms with E-state index in [4.69, 9.17) is 14.2 Å². The first-order valence-corrected chi connectivity index (χ1v) is 7.21. The Morgan fingerprint density at radius 3 is 2.52 bits per heavy atom. The number of ether oxygens (including phenoxy) is 3. The van der Waals surface area contributed by atoms with Crippen molar-refractivity contribution >= 4 is 17.7 Å². The molecule has 6 nitrogen and oxygen atoms in total. The van der Waals surface area contributed by atoms with Crippen molar-refractivity contribution in [3.8, 4) is 5.75 Å². The van der Waals surface area contributed by atoms with E-state index in [9.17, 15) is 18.8 Å². The van der Waals surface area contributed by atoms with Gasteiger partial charge in [-0.2, -0.15) is 0 Å². The minimum Gasteiger partial charge on any atom is -0.482 e. The van der Waals surface area contributed by atoms with E-state index in [2.05, 4.69) is 0 Å². The van der Waals surface area contributed by atoms with Gasteiger partial charge in [-0.3, -0.25) is 14.4 Å². The third-order valence-electron chi connectivity index (χ3n) is 3.73. The third kappa shape index (κ3) is 2.91. The van der Waals surface area contributed by atoms with Crippen LogP contribution in [0.15, 0.2) is 18.2 Å². The maximum absolute atomic E-state index is 13.2. The van der Waals surface area contributed by atoms with Crippen molar-refractivity contribution in [1.82, 2.24) is 0 Å². The highest BCUT2D eigenvalue weighted by Gasteiger charge is 2.49. The van der Waals surface area contributed by atoms with Crippen molar-refractivity contribution in [2.45, 2.75) is 38.6 Å². The Morgan fingerprint density at radius 2 is 1.87 bits per heavy atom. The first-order chi connectivity index (χ1) is 10.8. The molecule has 0 amide bonds. The summed E-state index contributed by atoms with van der Waals surface area (Å²) in [6, 6.07) is 3.98. The highest BCUT2D eigenvalue weighted by atomic mass is 19.1. The number of ketones is 1. The van der Waals surface area contributed by atoms with E-state index in [1.807, 2.05) is 0 Å². The number of halogens is 1. The molecular weight excluding hydrogens is 307 g/mol. The second-order valence-corrected chi connectivity index (χ2v) is 5.97. The molecule has 0 N–H and O–H groups in total. The zero-order chi connectivity index (χ0) is 16.8. The highest BCUT2D eigenvalue weighted by molar-refractivity contribution is 6.17. The monoisotopic (exact) mass is 322 g/mol. The SMILES string of the molecule is CC1(C)OC(=O)C(C(=O)C2CCc3cc(F)ccc3O2)C(=O)O1. The number of Topliss-reactive ketones (excluding diaryl/α,β-unsaturated/α-hetero) is 1. The number of rotatable bonds is 2. The van der Waals surface area contributed by atoms with Crippen molar-refractivity contribution in [2.75, 3.05) is 0 Å². The number of carbonyl (C=O) groups excluding carboxylic acids is 3. The molecule has 2 heterocycles. The molecule has 0 bridgehead atoms. The van der Waals surface area contributed by atoms with Crippen LogP contribution in [0.3, 0.4) is 0 Å². The van der Waals surface area contributed by atoms with E-state index in [1.54, 1.807) is 0 Å². The molecular formula is C16H15FO6. The van der Waals surface area contributed by atoms with Gasteiger partial charge in [-0.25, -0.2) is 4.39 Å². The van der Waals surface area contributed by atoms with Gasteiger partial charge in [0.25, 0.3) is 5.79 Å². The third-order valence-corrected chi connectivity index (χ3v) is 3.73. The zero-order valence-corrected chi connectivity index (χ0v) is 12.6. The lowest BCUT2D eigenvalue weighted by Gasteiger charge is -2.34. The first kappa shape index (κ1) is 15.5. The molecule has 1 aromatic rings. The predicted octanol–water partition coefficient (Wildman–Crippen LogP) is 1.54. The van der Waals surface area contributed by atoms with Gasteiger partial charge in [-0.05, 0) is 36.6 Å². The summed E-state index contributed by atoms with van der Waals surface area (Å²) >= 11 is 0. The molecule has 1 aromatic carbocycles. The van der Waals surface area contributed by atoms with Gasteiger partial charge in [0, 0.05) is 13.8 Å². The fourth-order valence-corrected chi connectivity index (χ4v) is 2.70. The smallest absolute Gasteiger partial charge is 0.331 e. The summed E-state index contributed by atoms with van der Waals surface area (Å²) in [6.45, 7) is 2.82. The fourth-order valence-electron chi connectivity index (χ4n) is 2.70. The minimum atomic E-state index is -1.64. The number of benzene rings is 1. The molecule has 0 radical (unpaired) electrons. The van der Waals surface area contributed by atoms with Crippen molar-refractivity contribution in [3.05, 3.63) is 29.6 Å². The van der Waals surface area contributed by atoms with E-state index < -0.39 is 41.3 Å². The van der Waals surface area contributed by atoms with Crippen LogP contribution in [0.25, 0.3) is 0 Å². The Morgan fingerprint density at radius 1 is 1.22 bits per heavy atom. The van der Waals surface area contributed by atoms with Crippen LogP contribution in [0.5, 0.6) is 5.75 Å². The number of fused-ring (bicyclic) bond motifs is 1. The quantitative estimate of drug-likeness (QED) is 0.607.